The Kier molecular flexibility index (Phi) is 6.35. The van der Waals surface area contributed by atoms with Gasteiger partial charge in [-0.3, -0.25) is 9.69 Å². The largest absolute Gasteiger partial charge is 0.497 e. The zero-order valence-electron chi connectivity index (χ0n) is 16.2. The second kappa shape index (κ2) is 8.91. The lowest BCUT2D eigenvalue weighted by atomic mass is 9.89. The van der Waals surface area contributed by atoms with E-state index in [1.807, 2.05) is 42.5 Å². The molecule has 0 amide bonds. The normalized spacial score (nSPS) is 17.4. The predicted molar refractivity (Wildman–Crippen MR) is 105 cm³/mol. The van der Waals surface area contributed by atoms with E-state index in [1.54, 1.807) is 21.3 Å². The van der Waals surface area contributed by atoms with Gasteiger partial charge in [0.05, 0.1) is 21.3 Å². The van der Waals surface area contributed by atoms with Gasteiger partial charge in [-0.25, -0.2) is 0 Å². The lowest BCUT2D eigenvalue weighted by Gasteiger charge is -2.32. The average Bonchev–Trinajstić information content (AvgIpc) is 2.73. The number of rotatable bonds is 7. The zero-order chi connectivity index (χ0) is 19.2. The highest BCUT2D eigenvalue weighted by molar-refractivity contribution is 5.98. The van der Waals surface area contributed by atoms with Gasteiger partial charge in [-0.05, 0) is 49.7 Å². The topological polar surface area (TPSA) is 48.0 Å². The van der Waals surface area contributed by atoms with Crippen molar-refractivity contribution in [3.8, 4) is 17.2 Å². The first kappa shape index (κ1) is 19.2. The summed E-state index contributed by atoms with van der Waals surface area (Å²) >= 11 is 0. The molecule has 0 spiro atoms. The van der Waals surface area contributed by atoms with Crippen LogP contribution in [-0.4, -0.2) is 45.1 Å². The summed E-state index contributed by atoms with van der Waals surface area (Å²) in [6.07, 6.45) is 1.93. The van der Waals surface area contributed by atoms with Crippen LogP contribution in [0.15, 0.2) is 42.5 Å². The van der Waals surface area contributed by atoms with Gasteiger partial charge >= 0.3 is 0 Å². The summed E-state index contributed by atoms with van der Waals surface area (Å²) in [4.78, 5) is 15.3. The third kappa shape index (κ3) is 4.61. The number of hydrogen-bond donors (Lipinski definition) is 0. The summed E-state index contributed by atoms with van der Waals surface area (Å²) in [6, 6.07) is 13.3. The van der Waals surface area contributed by atoms with E-state index in [0.29, 0.717) is 0 Å². The van der Waals surface area contributed by atoms with Gasteiger partial charge in [-0.2, -0.15) is 0 Å². The smallest absolute Gasteiger partial charge is 0.167 e. The van der Waals surface area contributed by atoms with Gasteiger partial charge in [0, 0.05) is 30.1 Å². The maximum absolute atomic E-state index is 13.0. The zero-order valence-corrected chi connectivity index (χ0v) is 16.2. The number of piperidine rings is 1. The number of nitrogens with zero attached hydrogens (tertiary/aromatic N) is 1. The molecule has 0 aliphatic carbocycles. The summed E-state index contributed by atoms with van der Waals surface area (Å²) < 4.78 is 16.1. The quantitative estimate of drug-likeness (QED) is 0.695. The van der Waals surface area contributed by atoms with Crippen molar-refractivity contribution >= 4 is 5.78 Å². The lowest BCUT2D eigenvalue weighted by Crippen LogP contribution is -2.38. The van der Waals surface area contributed by atoms with Gasteiger partial charge in [0.1, 0.15) is 17.2 Å². The van der Waals surface area contributed by atoms with Crippen molar-refractivity contribution in [3.63, 3.8) is 0 Å². The highest BCUT2D eigenvalue weighted by atomic mass is 16.5. The average molecular weight is 369 g/mol. The van der Waals surface area contributed by atoms with Crippen molar-refractivity contribution < 1.29 is 19.0 Å². The molecule has 2 aromatic rings. The molecule has 1 saturated heterocycles. The molecule has 0 N–H and O–H groups in total. The monoisotopic (exact) mass is 369 g/mol. The number of benzene rings is 2. The fraction of sp³-hybridized carbons (Fsp3) is 0.409. The van der Waals surface area contributed by atoms with Crippen LogP contribution < -0.4 is 14.2 Å². The van der Waals surface area contributed by atoms with Crippen LogP contribution in [0.2, 0.25) is 0 Å². The van der Waals surface area contributed by atoms with Crippen LogP contribution in [0.3, 0.4) is 0 Å². The summed E-state index contributed by atoms with van der Waals surface area (Å²) in [5.74, 6) is 2.57. The van der Waals surface area contributed by atoms with Crippen LogP contribution >= 0.6 is 0 Å². The summed E-state index contributed by atoms with van der Waals surface area (Å²) in [7, 11) is 4.96. The summed E-state index contributed by atoms with van der Waals surface area (Å²) in [5, 5.41) is 0. The number of likely N-dealkylation sites (tertiary alicyclic amines) is 1. The first-order valence-corrected chi connectivity index (χ1v) is 9.26. The van der Waals surface area contributed by atoms with E-state index >= 15 is 0 Å². The minimum absolute atomic E-state index is 0.00228. The maximum atomic E-state index is 13.0. The molecule has 0 aromatic heterocycles. The second-order valence-corrected chi connectivity index (χ2v) is 6.85. The van der Waals surface area contributed by atoms with Crippen LogP contribution in [0, 0.1) is 5.92 Å². The molecule has 2 aromatic carbocycles. The van der Waals surface area contributed by atoms with Gasteiger partial charge in [0.15, 0.2) is 5.78 Å². The number of hydrogen-bond acceptors (Lipinski definition) is 5. The number of carbonyl (C=O) groups is 1. The molecule has 0 radical (unpaired) electrons. The van der Waals surface area contributed by atoms with Crippen molar-refractivity contribution in [2.75, 3.05) is 34.4 Å². The fourth-order valence-corrected chi connectivity index (χ4v) is 3.67. The SMILES string of the molecule is COc1cccc(C(=O)[C@@H]2CCCN(Cc3cc(OC)ccc3OC)C2)c1. The molecule has 144 valence electrons. The summed E-state index contributed by atoms with van der Waals surface area (Å²) in [6.45, 7) is 2.46. The maximum Gasteiger partial charge on any atom is 0.167 e. The molecule has 1 aliphatic rings. The number of Topliss-reactive ketones (excluding diaryl/α,β-unsaturated/α-hetero) is 1. The molecular formula is C22H27NO4. The first-order chi connectivity index (χ1) is 13.1. The Balaban J connectivity index is 1.71. The van der Waals surface area contributed by atoms with Crippen molar-refractivity contribution in [1.29, 1.82) is 0 Å². The van der Waals surface area contributed by atoms with E-state index in [-0.39, 0.29) is 11.7 Å². The van der Waals surface area contributed by atoms with Crippen molar-refractivity contribution in [2.45, 2.75) is 19.4 Å². The molecule has 0 unspecified atom stereocenters. The van der Waals surface area contributed by atoms with Gasteiger partial charge in [-0.1, -0.05) is 12.1 Å². The van der Waals surface area contributed by atoms with Crippen molar-refractivity contribution in [2.24, 2.45) is 5.92 Å². The molecule has 5 nitrogen and oxygen atoms in total. The minimum atomic E-state index is 0.00228. The molecule has 5 heteroatoms. The lowest BCUT2D eigenvalue weighted by molar-refractivity contribution is 0.0810. The predicted octanol–water partition coefficient (Wildman–Crippen LogP) is 3.81. The van der Waals surface area contributed by atoms with Crippen LogP contribution in [0.5, 0.6) is 17.2 Å². The molecule has 1 atom stereocenters. The van der Waals surface area contributed by atoms with Crippen LogP contribution in [0.25, 0.3) is 0 Å². The van der Waals surface area contributed by atoms with Crippen LogP contribution in [-0.2, 0) is 6.54 Å². The number of methoxy groups -OCH3 is 3. The first-order valence-electron chi connectivity index (χ1n) is 9.26. The number of ether oxygens (including phenoxy) is 3. The Bertz CT molecular complexity index is 790. The van der Waals surface area contributed by atoms with Gasteiger partial charge in [0.2, 0.25) is 0 Å². The molecule has 0 saturated carbocycles. The van der Waals surface area contributed by atoms with E-state index in [2.05, 4.69) is 4.90 Å². The van der Waals surface area contributed by atoms with Crippen molar-refractivity contribution in [3.05, 3.63) is 53.6 Å². The molecule has 27 heavy (non-hydrogen) atoms. The molecule has 1 heterocycles. The Labute approximate surface area is 160 Å². The number of carbonyl (C=O) groups excluding carboxylic acids is 1. The Morgan fingerprint density at radius 1 is 1.04 bits per heavy atom. The Morgan fingerprint density at radius 2 is 1.81 bits per heavy atom. The highest BCUT2D eigenvalue weighted by Crippen LogP contribution is 2.28. The van der Waals surface area contributed by atoms with Gasteiger partial charge in [-0.15, -0.1) is 0 Å². The molecule has 3 rings (SSSR count). The molecule has 1 aliphatic heterocycles. The summed E-state index contributed by atoms with van der Waals surface area (Å²) in [5.41, 5.74) is 1.80. The van der Waals surface area contributed by atoms with E-state index in [4.69, 9.17) is 14.2 Å². The fourth-order valence-electron chi connectivity index (χ4n) is 3.67. The van der Waals surface area contributed by atoms with E-state index in [9.17, 15) is 4.79 Å². The Hall–Kier alpha value is -2.53. The standard InChI is InChI=1S/C22H27NO4/c1-25-19-8-4-6-16(12-19)22(24)17-7-5-11-23(14-17)15-18-13-20(26-2)9-10-21(18)27-3/h4,6,8-10,12-13,17H,5,7,11,14-15H2,1-3H3/t17-/m1/s1. The number of ketones is 1. The second-order valence-electron chi connectivity index (χ2n) is 6.85. The van der Waals surface area contributed by atoms with E-state index in [0.717, 1.165) is 60.9 Å². The molecule has 1 fully saturated rings. The van der Waals surface area contributed by atoms with Crippen LogP contribution in [0.1, 0.15) is 28.8 Å². The van der Waals surface area contributed by atoms with E-state index < -0.39 is 0 Å². The van der Waals surface area contributed by atoms with Crippen LogP contribution in [0.4, 0.5) is 0 Å². The minimum Gasteiger partial charge on any atom is -0.497 e. The highest BCUT2D eigenvalue weighted by Gasteiger charge is 2.27. The van der Waals surface area contributed by atoms with Gasteiger partial charge < -0.3 is 14.2 Å². The molecular weight excluding hydrogens is 342 g/mol. The van der Waals surface area contributed by atoms with Gasteiger partial charge in [0.25, 0.3) is 0 Å². The molecule has 0 bridgehead atoms. The Morgan fingerprint density at radius 3 is 2.56 bits per heavy atom. The van der Waals surface area contributed by atoms with Crippen molar-refractivity contribution in [1.82, 2.24) is 4.90 Å². The van der Waals surface area contributed by atoms with E-state index in [1.165, 1.54) is 0 Å². The third-order valence-corrected chi connectivity index (χ3v) is 5.11. The third-order valence-electron chi connectivity index (χ3n) is 5.11.